The molecule has 2 aromatic carbocycles. The molecule has 98 valence electrons. The summed E-state index contributed by atoms with van der Waals surface area (Å²) >= 11 is 0. The van der Waals surface area contributed by atoms with E-state index in [-0.39, 0.29) is 5.69 Å². The summed E-state index contributed by atoms with van der Waals surface area (Å²) in [6.45, 7) is 0.409. The molecule has 0 unspecified atom stereocenters. The van der Waals surface area contributed by atoms with Crippen molar-refractivity contribution in [2.24, 2.45) is 5.73 Å². The minimum atomic E-state index is -0.424. The first-order valence-corrected chi connectivity index (χ1v) is 5.91. The van der Waals surface area contributed by atoms with Gasteiger partial charge >= 0.3 is 0 Å². The number of rotatable bonds is 5. The van der Waals surface area contributed by atoms with Gasteiger partial charge in [0.1, 0.15) is 11.5 Å². The van der Waals surface area contributed by atoms with Gasteiger partial charge in [0.2, 0.25) is 0 Å². The fraction of sp³-hybridized carbons (Fsp3) is 0.143. The highest BCUT2D eigenvalue weighted by Gasteiger charge is 2.11. The molecule has 0 heterocycles. The van der Waals surface area contributed by atoms with E-state index in [9.17, 15) is 10.1 Å². The van der Waals surface area contributed by atoms with Crippen LogP contribution in [0.25, 0.3) is 0 Å². The van der Waals surface area contributed by atoms with Crippen LogP contribution in [0.2, 0.25) is 0 Å². The second kappa shape index (κ2) is 5.97. The summed E-state index contributed by atoms with van der Waals surface area (Å²) in [6, 6.07) is 13.8. The van der Waals surface area contributed by atoms with Crippen LogP contribution in [0.3, 0.4) is 0 Å². The van der Waals surface area contributed by atoms with Crippen LogP contribution >= 0.6 is 0 Å². The number of nitro benzene ring substituents is 1. The summed E-state index contributed by atoms with van der Waals surface area (Å²) in [6.07, 6.45) is 0.532. The molecule has 0 amide bonds. The highest BCUT2D eigenvalue weighted by Crippen LogP contribution is 2.28. The van der Waals surface area contributed by atoms with Crippen LogP contribution in [0.4, 0.5) is 5.69 Å². The third kappa shape index (κ3) is 3.29. The molecule has 0 saturated heterocycles. The van der Waals surface area contributed by atoms with Gasteiger partial charge in [-0.15, -0.1) is 0 Å². The monoisotopic (exact) mass is 258 g/mol. The third-order valence-electron chi connectivity index (χ3n) is 2.64. The molecule has 0 spiro atoms. The average molecular weight is 258 g/mol. The van der Waals surface area contributed by atoms with Crippen LogP contribution in [-0.4, -0.2) is 11.5 Å². The topological polar surface area (TPSA) is 78.4 Å². The van der Waals surface area contributed by atoms with Crippen LogP contribution in [-0.2, 0) is 6.42 Å². The molecule has 0 atom stereocenters. The van der Waals surface area contributed by atoms with Gasteiger partial charge in [0, 0.05) is 17.7 Å². The van der Waals surface area contributed by atoms with E-state index in [2.05, 4.69) is 0 Å². The lowest BCUT2D eigenvalue weighted by Gasteiger charge is -2.10. The summed E-state index contributed by atoms with van der Waals surface area (Å²) < 4.78 is 5.72. The smallest absolute Gasteiger partial charge is 0.269 e. The molecule has 2 aromatic rings. The predicted molar refractivity (Wildman–Crippen MR) is 72.4 cm³/mol. The molecule has 0 bridgehead atoms. The van der Waals surface area contributed by atoms with Crippen LogP contribution in [0.5, 0.6) is 11.5 Å². The molecule has 2 N–H and O–H groups in total. The van der Waals surface area contributed by atoms with Crippen molar-refractivity contribution in [3.05, 3.63) is 64.2 Å². The first kappa shape index (κ1) is 13.0. The Kier molecular flexibility index (Phi) is 4.10. The largest absolute Gasteiger partial charge is 0.457 e. The number of non-ortho nitro benzene ring substituents is 1. The van der Waals surface area contributed by atoms with Crippen LogP contribution in [0.1, 0.15) is 5.56 Å². The number of nitrogens with zero attached hydrogens (tertiary/aromatic N) is 1. The molecular weight excluding hydrogens is 244 g/mol. The Bertz CT molecular complexity index is 570. The molecule has 0 aliphatic rings. The predicted octanol–water partition coefficient (Wildman–Crippen LogP) is 2.89. The lowest BCUT2D eigenvalue weighted by molar-refractivity contribution is -0.384. The summed E-state index contributed by atoms with van der Waals surface area (Å²) in [5.74, 6) is 1.29. The number of nitro groups is 1. The van der Waals surface area contributed by atoms with E-state index in [1.165, 1.54) is 12.1 Å². The quantitative estimate of drug-likeness (QED) is 0.660. The molecule has 0 fully saturated rings. The maximum absolute atomic E-state index is 10.8. The summed E-state index contributed by atoms with van der Waals surface area (Å²) in [7, 11) is 0. The lowest BCUT2D eigenvalue weighted by atomic mass is 10.1. The number of hydrogen-bond donors (Lipinski definition) is 1. The van der Waals surface area contributed by atoms with E-state index in [0.717, 1.165) is 5.56 Å². The Labute approximate surface area is 110 Å². The average Bonchev–Trinajstić information content (AvgIpc) is 2.42. The molecule has 19 heavy (non-hydrogen) atoms. The number of benzene rings is 2. The van der Waals surface area contributed by atoms with Crippen molar-refractivity contribution in [2.75, 3.05) is 6.54 Å². The number of hydrogen-bond acceptors (Lipinski definition) is 4. The summed E-state index contributed by atoms with van der Waals surface area (Å²) in [5, 5.41) is 10.8. The van der Waals surface area contributed by atoms with E-state index < -0.39 is 4.92 Å². The Hall–Kier alpha value is -2.40. The van der Waals surface area contributed by atoms with Gasteiger partial charge in [-0.05, 0) is 31.2 Å². The summed E-state index contributed by atoms with van der Waals surface area (Å²) in [4.78, 5) is 10.3. The molecule has 5 nitrogen and oxygen atoms in total. The fourth-order valence-corrected chi connectivity index (χ4v) is 1.75. The number of nitrogens with two attached hydrogens (primary N) is 1. The van der Waals surface area contributed by atoms with Gasteiger partial charge < -0.3 is 10.5 Å². The molecule has 0 aliphatic heterocycles. The zero-order valence-electron chi connectivity index (χ0n) is 10.3. The van der Waals surface area contributed by atoms with Crippen molar-refractivity contribution in [3.8, 4) is 11.5 Å². The Morgan fingerprint density at radius 2 is 1.89 bits per heavy atom. The SMILES string of the molecule is NCCc1cc([N+](=O)[O-])ccc1Oc1ccccc1. The van der Waals surface area contributed by atoms with Crippen LogP contribution in [0.15, 0.2) is 48.5 Å². The second-order valence-electron chi connectivity index (χ2n) is 4.00. The molecule has 0 aliphatic carbocycles. The number of ether oxygens (including phenoxy) is 1. The van der Waals surface area contributed by atoms with Crippen molar-refractivity contribution in [2.45, 2.75) is 6.42 Å². The first-order chi connectivity index (χ1) is 9.20. The zero-order valence-corrected chi connectivity index (χ0v) is 10.3. The second-order valence-corrected chi connectivity index (χ2v) is 4.00. The molecule has 5 heteroatoms. The highest BCUT2D eigenvalue weighted by molar-refractivity contribution is 5.45. The maximum Gasteiger partial charge on any atom is 0.269 e. The van der Waals surface area contributed by atoms with E-state index in [0.29, 0.717) is 24.5 Å². The fourth-order valence-electron chi connectivity index (χ4n) is 1.75. The zero-order chi connectivity index (χ0) is 13.7. The minimum Gasteiger partial charge on any atom is -0.457 e. The van der Waals surface area contributed by atoms with E-state index in [1.54, 1.807) is 6.07 Å². The Balaban J connectivity index is 2.31. The molecule has 0 aromatic heterocycles. The third-order valence-corrected chi connectivity index (χ3v) is 2.64. The van der Waals surface area contributed by atoms with Crippen molar-refractivity contribution >= 4 is 5.69 Å². The molecule has 0 saturated carbocycles. The normalized spacial score (nSPS) is 10.2. The maximum atomic E-state index is 10.8. The van der Waals surface area contributed by atoms with Crippen LogP contribution in [0, 0.1) is 10.1 Å². The Morgan fingerprint density at radius 1 is 1.16 bits per heavy atom. The standard InChI is InChI=1S/C14H14N2O3/c15-9-8-11-10-12(16(17)18)6-7-14(11)19-13-4-2-1-3-5-13/h1-7,10H,8-9,15H2. The minimum absolute atomic E-state index is 0.0452. The highest BCUT2D eigenvalue weighted by atomic mass is 16.6. The van der Waals surface area contributed by atoms with Gasteiger partial charge in [-0.3, -0.25) is 10.1 Å². The van der Waals surface area contributed by atoms with E-state index in [1.807, 2.05) is 30.3 Å². The van der Waals surface area contributed by atoms with Crippen LogP contribution < -0.4 is 10.5 Å². The lowest BCUT2D eigenvalue weighted by Crippen LogP contribution is -2.04. The van der Waals surface area contributed by atoms with Gasteiger partial charge in [-0.2, -0.15) is 0 Å². The van der Waals surface area contributed by atoms with Gasteiger partial charge in [0.25, 0.3) is 5.69 Å². The van der Waals surface area contributed by atoms with E-state index >= 15 is 0 Å². The van der Waals surface area contributed by atoms with Gasteiger partial charge in [0.15, 0.2) is 0 Å². The number of para-hydroxylation sites is 1. The summed E-state index contributed by atoms with van der Waals surface area (Å²) in [5.41, 5.74) is 6.31. The van der Waals surface area contributed by atoms with Gasteiger partial charge in [-0.25, -0.2) is 0 Å². The van der Waals surface area contributed by atoms with Crippen molar-refractivity contribution < 1.29 is 9.66 Å². The molecule has 0 radical (unpaired) electrons. The van der Waals surface area contributed by atoms with Gasteiger partial charge in [-0.1, -0.05) is 18.2 Å². The van der Waals surface area contributed by atoms with Crippen molar-refractivity contribution in [3.63, 3.8) is 0 Å². The van der Waals surface area contributed by atoms with Crippen molar-refractivity contribution in [1.82, 2.24) is 0 Å². The van der Waals surface area contributed by atoms with Gasteiger partial charge in [0.05, 0.1) is 4.92 Å². The first-order valence-electron chi connectivity index (χ1n) is 5.91. The van der Waals surface area contributed by atoms with Crippen molar-refractivity contribution in [1.29, 1.82) is 0 Å². The Morgan fingerprint density at radius 3 is 2.53 bits per heavy atom. The molecule has 2 rings (SSSR count). The van der Waals surface area contributed by atoms with E-state index in [4.69, 9.17) is 10.5 Å². The molecular formula is C14H14N2O3.